The molecule has 0 saturated carbocycles. The van der Waals surface area contributed by atoms with Crippen LogP contribution in [0.1, 0.15) is 34.9 Å². The molecule has 0 bridgehead atoms. The maximum absolute atomic E-state index is 13.7. The molecule has 0 radical (unpaired) electrons. The number of non-ortho nitro benzene ring substituents is 1. The Morgan fingerprint density at radius 2 is 1.77 bits per heavy atom. The number of nitro benzene ring substituents is 1. The van der Waals surface area contributed by atoms with E-state index in [-0.39, 0.29) is 49.3 Å². The van der Waals surface area contributed by atoms with Gasteiger partial charge in [-0.15, -0.1) is 11.3 Å². The van der Waals surface area contributed by atoms with E-state index < -0.39 is 25.1 Å². The third-order valence-electron chi connectivity index (χ3n) is 7.59. The molecule has 10 nitrogen and oxygen atoms in total. The lowest BCUT2D eigenvalue weighted by atomic mass is 9.82. The highest BCUT2D eigenvalue weighted by atomic mass is 32.1. The summed E-state index contributed by atoms with van der Waals surface area (Å²) in [5, 5.41) is 30.6. The van der Waals surface area contributed by atoms with Gasteiger partial charge in [0, 0.05) is 21.9 Å². The summed E-state index contributed by atoms with van der Waals surface area (Å²) in [6, 6.07) is 14.8. The van der Waals surface area contributed by atoms with Gasteiger partial charge in [-0.05, 0) is 103 Å². The number of carbonyl (C=O) groups excluding carboxylic acids is 2. The summed E-state index contributed by atoms with van der Waals surface area (Å²) < 4.78 is 11.9. The van der Waals surface area contributed by atoms with Gasteiger partial charge >= 0.3 is 5.97 Å². The summed E-state index contributed by atoms with van der Waals surface area (Å²) >= 11 is 1.44. The van der Waals surface area contributed by atoms with Gasteiger partial charge in [-0.3, -0.25) is 14.9 Å². The molecule has 43 heavy (non-hydrogen) atoms. The number of ether oxygens (including phenoxy) is 1. The highest BCUT2D eigenvalue weighted by Crippen LogP contribution is 2.48. The largest absolute Gasteiger partial charge is 0.456 e. The molecule has 3 aromatic rings. The molecule has 0 spiro atoms. The number of hydrogen-bond acceptors (Lipinski definition) is 9. The predicted molar refractivity (Wildman–Crippen MR) is 164 cm³/mol. The van der Waals surface area contributed by atoms with Crippen molar-refractivity contribution in [2.45, 2.75) is 65.0 Å². The molecule has 226 valence electrons. The van der Waals surface area contributed by atoms with Crippen LogP contribution in [0.5, 0.6) is 0 Å². The van der Waals surface area contributed by atoms with Gasteiger partial charge in [-0.2, -0.15) is 0 Å². The molecule has 12 heteroatoms. The second-order valence-corrected chi connectivity index (χ2v) is 17.4. The van der Waals surface area contributed by atoms with Crippen LogP contribution >= 0.6 is 11.3 Å². The van der Waals surface area contributed by atoms with Gasteiger partial charge in [0.15, 0.2) is 8.32 Å². The van der Waals surface area contributed by atoms with Gasteiger partial charge in [-0.1, -0.05) is 0 Å². The molecule has 1 fully saturated rings. The Kier molecular flexibility index (Phi) is 8.68. The van der Waals surface area contributed by atoms with Crippen LogP contribution in [-0.2, 0) is 38.6 Å². The number of hydrogen-bond donors (Lipinski definition) is 2. The van der Waals surface area contributed by atoms with Crippen molar-refractivity contribution in [1.82, 2.24) is 4.90 Å². The monoisotopic (exact) mass is 622 g/mol. The molecule has 1 amide bonds. The Bertz CT molecular complexity index is 1590. The topological polar surface area (TPSA) is 139 Å². The quantitative estimate of drug-likeness (QED) is 0.0974. The van der Waals surface area contributed by atoms with Crippen LogP contribution in [0.25, 0.3) is 16.0 Å². The van der Waals surface area contributed by atoms with E-state index in [4.69, 9.17) is 9.16 Å². The van der Waals surface area contributed by atoms with E-state index in [2.05, 4.69) is 19.6 Å². The van der Waals surface area contributed by atoms with Crippen LogP contribution < -0.4 is 0 Å². The molecule has 2 aliphatic heterocycles. The first kappa shape index (κ1) is 30.8. The minimum atomic E-state index is -1.94. The maximum Gasteiger partial charge on any atom is 0.355 e. The average Bonchev–Trinajstić information content (AvgIpc) is 3.58. The molecular weight excluding hydrogens is 589 g/mol. The number of nitro groups is 1. The number of aliphatic hydroxyl groups excluding tert-OH is 2. The lowest BCUT2D eigenvalue weighted by Gasteiger charge is -2.47. The third-order valence-corrected chi connectivity index (χ3v) is 9.79. The number of fused-ring (bicyclic) bond motifs is 1. The molecule has 3 atom stereocenters. The van der Waals surface area contributed by atoms with Crippen molar-refractivity contribution >= 4 is 42.8 Å². The van der Waals surface area contributed by atoms with Crippen LogP contribution in [0.4, 0.5) is 5.69 Å². The zero-order chi connectivity index (χ0) is 31.1. The Morgan fingerprint density at radius 3 is 2.37 bits per heavy atom. The van der Waals surface area contributed by atoms with E-state index >= 15 is 0 Å². The van der Waals surface area contributed by atoms with Crippen LogP contribution in [-0.4, -0.2) is 52.4 Å². The fraction of sp³-hybridized carbons (Fsp3) is 0.355. The van der Waals surface area contributed by atoms with Crippen LogP contribution in [0, 0.1) is 16.0 Å². The molecular formula is C31H34N2O8SSi. The SMILES string of the molecule is C[C@@H](O[Si](C)(C)C)[C@H]1C(=O)N2C(C(=O)OCc3ccc([N+](=O)[O-])cc3)=C(c3cc(CO)cc(-c4ccc(CO)s4)c3)C[C@H]12. The molecule has 0 unspecified atom stereocenters. The first-order valence-electron chi connectivity index (χ1n) is 14.0. The molecule has 3 heterocycles. The highest BCUT2D eigenvalue weighted by molar-refractivity contribution is 7.15. The summed E-state index contributed by atoms with van der Waals surface area (Å²) in [6.07, 6.45) is 0.0952. The standard InChI is InChI=1S/C31H34N2O8SSi/c1-18(41-43(2,3)4)28-26-14-25(21-11-20(15-34)12-22(13-21)27-10-9-24(16-35)42-27)29(32(26)30(28)36)31(37)40-17-19-5-7-23(8-6-19)33(38)39/h5-13,18,26,28,34-35H,14-17H2,1-4H3/t18-,26-,28-/m1/s1. The number of aliphatic hydroxyl groups is 2. The Labute approximate surface area is 254 Å². The molecule has 2 aliphatic rings. The summed E-state index contributed by atoms with van der Waals surface area (Å²) in [6.45, 7) is 7.69. The van der Waals surface area contributed by atoms with Crippen molar-refractivity contribution in [3.05, 3.63) is 92.0 Å². The van der Waals surface area contributed by atoms with Gasteiger partial charge in [0.2, 0.25) is 5.91 Å². The first-order chi connectivity index (χ1) is 20.4. The van der Waals surface area contributed by atoms with Gasteiger partial charge in [0.25, 0.3) is 5.69 Å². The fourth-order valence-electron chi connectivity index (χ4n) is 5.78. The van der Waals surface area contributed by atoms with Crippen molar-refractivity contribution in [3.63, 3.8) is 0 Å². The second-order valence-electron chi connectivity index (χ2n) is 11.8. The van der Waals surface area contributed by atoms with Crippen molar-refractivity contribution in [2.24, 2.45) is 5.92 Å². The number of benzene rings is 2. The first-order valence-corrected chi connectivity index (χ1v) is 18.2. The van der Waals surface area contributed by atoms with E-state index in [1.807, 2.05) is 37.3 Å². The number of esters is 1. The van der Waals surface area contributed by atoms with Crippen LogP contribution in [0.3, 0.4) is 0 Å². The van der Waals surface area contributed by atoms with Gasteiger partial charge in [-0.25, -0.2) is 4.79 Å². The lowest BCUT2D eigenvalue weighted by Crippen LogP contribution is -2.63. The Hall–Kier alpha value is -3.68. The molecule has 2 N–H and O–H groups in total. The lowest BCUT2D eigenvalue weighted by molar-refractivity contribution is -0.384. The van der Waals surface area contributed by atoms with Crippen LogP contribution in [0.15, 0.2) is 60.3 Å². The normalized spacial score (nSPS) is 18.8. The molecule has 1 aromatic heterocycles. The highest BCUT2D eigenvalue weighted by Gasteiger charge is 2.57. The van der Waals surface area contributed by atoms with Crippen molar-refractivity contribution in [2.75, 3.05) is 0 Å². The van der Waals surface area contributed by atoms with E-state index in [1.54, 1.807) is 0 Å². The number of rotatable bonds is 11. The molecule has 2 aromatic carbocycles. The van der Waals surface area contributed by atoms with Crippen molar-refractivity contribution < 1.29 is 33.9 Å². The average molecular weight is 623 g/mol. The van der Waals surface area contributed by atoms with E-state index in [1.165, 1.54) is 40.5 Å². The fourth-order valence-corrected chi connectivity index (χ4v) is 7.90. The number of thiophene rings is 1. The van der Waals surface area contributed by atoms with E-state index in [9.17, 15) is 29.9 Å². The predicted octanol–water partition coefficient (Wildman–Crippen LogP) is 5.23. The summed E-state index contributed by atoms with van der Waals surface area (Å²) in [5.74, 6) is -1.28. The van der Waals surface area contributed by atoms with Crippen molar-refractivity contribution in [3.8, 4) is 10.4 Å². The smallest absolute Gasteiger partial charge is 0.355 e. The third kappa shape index (κ3) is 6.33. The zero-order valence-electron chi connectivity index (χ0n) is 24.4. The van der Waals surface area contributed by atoms with Crippen LogP contribution in [0.2, 0.25) is 19.6 Å². The zero-order valence-corrected chi connectivity index (χ0v) is 26.2. The second kappa shape index (κ2) is 12.1. The Balaban J connectivity index is 1.50. The minimum Gasteiger partial charge on any atom is -0.456 e. The molecule has 0 aliphatic carbocycles. The molecule has 5 rings (SSSR count). The van der Waals surface area contributed by atoms with Gasteiger partial charge in [0.1, 0.15) is 12.3 Å². The van der Waals surface area contributed by atoms with Gasteiger partial charge in [0.05, 0.1) is 36.2 Å². The maximum atomic E-state index is 13.7. The Morgan fingerprint density at radius 1 is 1.07 bits per heavy atom. The van der Waals surface area contributed by atoms with E-state index in [0.29, 0.717) is 28.7 Å². The molecule has 1 saturated heterocycles. The van der Waals surface area contributed by atoms with E-state index in [0.717, 1.165) is 15.3 Å². The summed E-state index contributed by atoms with van der Waals surface area (Å²) in [7, 11) is -1.94. The summed E-state index contributed by atoms with van der Waals surface area (Å²) in [5.41, 5.74) is 3.48. The minimum absolute atomic E-state index is 0.0676. The number of β-lactam (4-membered cyclic amide) rings is 1. The van der Waals surface area contributed by atoms with Crippen molar-refractivity contribution in [1.29, 1.82) is 0 Å². The van der Waals surface area contributed by atoms with Gasteiger partial charge < -0.3 is 24.3 Å². The number of amides is 1. The summed E-state index contributed by atoms with van der Waals surface area (Å²) in [4.78, 5) is 41.0. The number of carbonyl (C=O) groups is 2. The number of nitrogens with zero attached hydrogens (tertiary/aromatic N) is 2.